The molecule has 0 aliphatic carbocycles. The van der Waals surface area contributed by atoms with Gasteiger partial charge >= 0.3 is 5.69 Å². The molecule has 1 aliphatic rings. The molecule has 1 aliphatic heterocycles. The minimum absolute atomic E-state index is 0.0427. The highest BCUT2D eigenvalue weighted by molar-refractivity contribution is 6.74. The topological polar surface area (TPSA) is 90.4 Å². The lowest BCUT2D eigenvalue weighted by Crippen LogP contribution is -2.43. The second-order valence-electron chi connectivity index (χ2n) is 7.80. The van der Waals surface area contributed by atoms with Crippen LogP contribution >= 0.6 is 0 Å². The van der Waals surface area contributed by atoms with Crippen LogP contribution in [0.1, 0.15) is 39.0 Å². The fourth-order valence-electron chi connectivity index (χ4n) is 2.21. The zero-order chi connectivity index (χ0) is 18.3. The summed E-state index contributed by atoms with van der Waals surface area (Å²) in [7, 11) is -1.98. The molecule has 1 aromatic heterocycles. The second kappa shape index (κ2) is 6.42. The molecule has 0 aromatic carbocycles. The highest BCUT2D eigenvalue weighted by Crippen LogP contribution is 2.37. The highest BCUT2D eigenvalue weighted by Gasteiger charge is 2.41. The number of carbonyl (C=O) groups is 1. The Balaban J connectivity index is 2.11. The Bertz CT molecular complexity index is 744. The van der Waals surface area contributed by atoms with E-state index in [9.17, 15) is 14.4 Å². The van der Waals surface area contributed by atoms with Crippen LogP contribution in [0.15, 0.2) is 15.8 Å². The summed E-state index contributed by atoms with van der Waals surface area (Å²) in [5.74, 6) is -0.0885. The van der Waals surface area contributed by atoms with Gasteiger partial charge in [-0.2, -0.15) is 0 Å². The van der Waals surface area contributed by atoms with Gasteiger partial charge < -0.3 is 9.16 Å². The van der Waals surface area contributed by atoms with Gasteiger partial charge in [-0.15, -0.1) is 0 Å². The minimum Gasteiger partial charge on any atom is -0.414 e. The summed E-state index contributed by atoms with van der Waals surface area (Å²) in [5.41, 5.74) is -0.612. The van der Waals surface area contributed by atoms with Crippen LogP contribution in [0, 0.1) is 6.92 Å². The molecule has 1 N–H and O–H groups in total. The van der Waals surface area contributed by atoms with E-state index in [2.05, 4.69) is 38.8 Å². The van der Waals surface area contributed by atoms with E-state index >= 15 is 0 Å². The predicted molar refractivity (Wildman–Crippen MR) is 92.7 cm³/mol. The monoisotopic (exact) mass is 354 g/mol. The van der Waals surface area contributed by atoms with Crippen molar-refractivity contribution in [1.29, 1.82) is 0 Å². The van der Waals surface area contributed by atoms with Crippen molar-refractivity contribution in [2.75, 3.05) is 6.61 Å². The van der Waals surface area contributed by atoms with Crippen LogP contribution < -0.4 is 11.2 Å². The van der Waals surface area contributed by atoms with Gasteiger partial charge in [0.05, 0.1) is 13.0 Å². The molecule has 0 radical (unpaired) electrons. The molecule has 8 heteroatoms. The molecular weight excluding hydrogens is 328 g/mol. The Labute approximate surface area is 142 Å². The Morgan fingerprint density at radius 2 is 1.96 bits per heavy atom. The number of carbonyl (C=O) groups excluding carboxylic acids is 1. The third-order valence-electron chi connectivity index (χ3n) is 4.91. The third-order valence-corrected chi connectivity index (χ3v) is 9.41. The van der Waals surface area contributed by atoms with Crippen molar-refractivity contribution in [2.45, 2.75) is 64.6 Å². The smallest absolute Gasteiger partial charge is 0.330 e. The molecule has 2 heterocycles. The van der Waals surface area contributed by atoms with Crippen LogP contribution in [-0.2, 0) is 14.0 Å². The van der Waals surface area contributed by atoms with Gasteiger partial charge in [-0.1, -0.05) is 20.8 Å². The maximum Gasteiger partial charge on any atom is 0.330 e. The predicted octanol–water partition coefficient (Wildman–Crippen LogP) is 1.72. The summed E-state index contributed by atoms with van der Waals surface area (Å²) in [6.07, 6.45) is 0.143. The average Bonchev–Trinajstić information content (AvgIpc) is 2.80. The molecular formula is C16H26N2O5Si. The lowest BCUT2D eigenvalue weighted by atomic mass is 10.2. The number of ether oxygens (including phenoxy) is 1. The van der Waals surface area contributed by atoms with Crippen LogP contribution in [0.4, 0.5) is 0 Å². The number of hydrogen-bond acceptors (Lipinski definition) is 5. The second-order valence-corrected chi connectivity index (χ2v) is 12.6. The van der Waals surface area contributed by atoms with Gasteiger partial charge in [0, 0.05) is 11.8 Å². The molecule has 2 rings (SSSR count). The Morgan fingerprint density at radius 1 is 1.33 bits per heavy atom. The Morgan fingerprint density at radius 3 is 2.54 bits per heavy atom. The summed E-state index contributed by atoms with van der Waals surface area (Å²) in [5, 5.41) is 0.0427. The molecule has 24 heavy (non-hydrogen) atoms. The van der Waals surface area contributed by atoms with E-state index in [1.54, 1.807) is 6.92 Å². The number of rotatable bonds is 4. The number of nitrogens with zero attached hydrogens (tertiary/aromatic N) is 1. The molecule has 1 aromatic rings. The number of aryl methyl sites for hydroxylation is 1. The lowest BCUT2D eigenvalue weighted by Gasteiger charge is -2.36. The van der Waals surface area contributed by atoms with Crippen molar-refractivity contribution in [2.24, 2.45) is 0 Å². The SMILES string of the molecule is Cc1cn(C2CC(=O)C(CO[Si](C)(C)C(C)(C)C)O2)c(=O)[nH]c1=O. The van der Waals surface area contributed by atoms with E-state index in [4.69, 9.17) is 9.16 Å². The first-order chi connectivity index (χ1) is 10.9. The highest BCUT2D eigenvalue weighted by atomic mass is 28.4. The van der Waals surface area contributed by atoms with Gasteiger partial charge in [-0.3, -0.25) is 19.1 Å². The van der Waals surface area contributed by atoms with Crippen LogP contribution in [0.3, 0.4) is 0 Å². The number of H-pyrrole nitrogens is 1. The average molecular weight is 354 g/mol. The summed E-state index contributed by atoms with van der Waals surface area (Å²) in [6, 6.07) is 0. The summed E-state index contributed by atoms with van der Waals surface area (Å²) >= 11 is 0. The van der Waals surface area contributed by atoms with Gasteiger partial charge in [0.25, 0.3) is 5.56 Å². The maximum atomic E-state index is 12.2. The zero-order valence-electron chi connectivity index (χ0n) is 15.1. The third kappa shape index (κ3) is 3.76. The fourth-order valence-corrected chi connectivity index (χ4v) is 3.21. The number of ketones is 1. The Hall–Kier alpha value is -1.51. The molecule has 0 saturated carbocycles. The van der Waals surface area contributed by atoms with Gasteiger partial charge in [0.1, 0.15) is 12.3 Å². The van der Waals surface area contributed by atoms with Crippen molar-refractivity contribution in [3.05, 3.63) is 32.6 Å². The van der Waals surface area contributed by atoms with Crippen molar-refractivity contribution >= 4 is 14.1 Å². The largest absolute Gasteiger partial charge is 0.414 e. The van der Waals surface area contributed by atoms with Crippen LogP contribution in [-0.4, -0.2) is 36.4 Å². The molecule has 2 unspecified atom stereocenters. The lowest BCUT2D eigenvalue weighted by molar-refractivity contribution is -0.124. The molecule has 1 saturated heterocycles. The zero-order valence-corrected chi connectivity index (χ0v) is 16.1. The van der Waals surface area contributed by atoms with Crippen molar-refractivity contribution in [3.8, 4) is 0 Å². The van der Waals surface area contributed by atoms with Crippen molar-refractivity contribution in [3.63, 3.8) is 0 Å². The normalized spacial score (nSPS) is 22.2. The summed E-state index contributed by atoms with van der Waals surface area (Å²) in [4.78, 5) is 37.8. The van der Waals surface area contributed by atoms with E-state index < -0.39 is 31.9 Å². The number of hydrogen-bond donors (Lipinski definition) is 1. The van der Waals surface area contributed by atoms with E-state index in [0.717, 1.165) is 0 Å². The summed E-state index contributed by atoms with van der Waals surface area (Å²) in [6.45, 7) is 12.4. The van der Waals surface area contributed by atoms with E-state index in [1.807, 2.05) is 0 Å². The first-order valence-corrected chi connectivity index (χ1v) is 11.0. The molecule has 2 atom stereocenters. The first-order valence-electron chi connectivity index (χ1n) is 8.06. The summed E-state index contributed by atoms with van der Waals surface area (Å²) < 4.78 is 13.1. The molecule has 0 spiro atoms. The Kier molecular flexibility index (Phi) is 5.03. The molecule has 7 nitrogen and oxygen atoms in total. The number of Topliss-reactive ketones (excluding diaryl/α,β-unsaturated/α-hetero) is 1. The number of nitrogens with one attached hydrogen (secondary N) is 1. The van der Waals surface area contributed by atoms with Gasteiger partial charge in [-0.25, -0.2) is 4.79 Å². The molecule has 0 amide bonds. The molecule has 0 bridgehead atoms. The minimum atomic E-state index is -1.98. The quantitative estimate of drug-likeness (QED) is 0.832. The van der Waals surface area contributed by atoms with Crippen LogP contribution in [0.25, 0.3) is 0 Å². The van der Waals surface area contributed by atoms with E-state index in [-0.39, 0.29) is 23.8 Å². The van der Waals surface area contributed by atoms with Crippen LogP contribution in [0.5, 0.6) is 0 Å². The van der Waals surface area contributed by atoms with Gasteiger partial charge in [-0.05, 0) is 25.1 Å². The van der Waals surface area contributed by atoms with Gasteiger partial charge in [0.15, 0.2) is 14.1 Å². The van der Waals surface area contributed by atoms with Crippen molar-refractivity contribution < 1.29 is 14.0 Å². The van der Waals surface area contributed by atoms with E-state index in [1.165, 1.54) is 10.8 Å². The fraction of sp³-hybridized carbons (Fsp3) is 0.688. The maximum absolute atomic E-state index is 12.2. The van der Waals surface area contributed by atoms with Crippen LogP contribution in [0.2, 0.25) is 18.1 Å². The number of aromatic nitrogens is 2. The van der Waals surface area contributed by atoms with Gasteiger partial charge in [0.2, 0.25) is 0 Å². The number of aromatic amines is 1. The van der Waals surface area contributed by atoms with Crippen molar-refractivity contribution in [1.82, 2.24) is 9.55 Å². The molecule has 1 fully saturated rings. The molecule has 134 valence electrons. The standard InChI is InChI=1S/C16H26N2O5Si/c1-10-8-18(15(21)17-14(10)20)13-7-11(19)12(23-13)9-22-24(5,6)16(2,3)4/h8,12-13H,7,9H2,1-6H3,(H,17,20,21). The first kappa shape index (κ1) is 18.8. The van der Waals surface area contributed by atoms with E-state index in [0.29, 0.717) is 5.56 Å².